The molecule has 4 aromatic rings. The number of likely N-dealkylation sites (tertiary alicyclic amines) is 1. The average molecular weight is 504 g/mol. The van der Waals surface area contributed by atoms with Crippen molar-refractivity contribution in [2.75, 3.05) is 23.7 Å². The Morgan fingerprint density at radius 1 is 1.14 bits per heavy atom. The van der Waals surface area contributed by atoms with E-state index in [9.17, 15) is 14.4 Å². The lowest BCUT2D eigenvalue weighted by molar-refractivity contribution is -0.121. The Morgan fingerprint density at radius 2 is 1.94 bits per heavy atom. The van der Waals surface area contributed by atoms with E-state index in [1.165, 1.54) is 22.5 Å². The lowest BCUT2D eigenvalue weighted by Gasteiger charge is -2.31. The minimum atomic E-state index is -0.537. The number of H-pyrrole nitrogens is 1. The van der Waals surface area contributed by atoms with Gasteiger partial charge in [0.05, 0.1) is 17.6 Å². The van der Waals surface area contributed by atoms with Gasteiger partial charge >= 0.3 is 5.76 Å². The number of thiazole rings is 1. The number of fused-ring (bicyclic) bond motifs is 2. The first-order valence-electron chi connectivity index (χ1n) is 12.0. The van der Waals surface area contributed by atoms with Crippen molar-refractivity contribution in [1.82, 2.24) is 14.9 Å². The number of hydrogen-bond donors (Lipinski definition) is 3. The maximum absolute atomic E-state index is 13.2. The van der Waals surface area contributed by atoms with Crippen LogP contribution in [0.4, 0.5) is 10.8 Å². The number of aromatic nitrogens is 2. The second kappa shape index (κ2) is 9.27. The third kappa shape index (κ3) is 4.51. The quantitative estimate of drug-likeness (QED) is 0.382. The van der Waals surface area contributed by atoms with Crippen LogP contribution in [0.3, 0.4) is 0 Å². The van der Waals surface area contributed by atoms with Crippen LogP contribution in [-0.2, 0) is 17.6 Å². The number of anilines is 2. The second-order valence-corrected chi connectivity index (χ2v) is 10.4. The van der Waals surface area contributed by atoms with E-state index in [-0.39, 0.29) is 23.8 Å². The summed E-state index contributed by atoms with van der Waals surface area (Å²) in [6.07, 6.45) is 4.98. The third-order valence-corrected chi connectivity index (χ3v) is 7.78. The Morgan fingerprint density at radius 3 is 2.75 bits per heavy atom. The van der Waals surface area contributed by atoms with Crippen LogP contribution in [-0.4, -0.2) is 45.8 Å². The number of benzene rings is 2. The van der Waals surface area contributed by atoms with E-state index in [2.05, 4.69) is 44.9 Å². The number of nitrogens with zero attached hydrogens (tertiary/aromatic N) is 2. The standard InChI is InChI=1S/C26H25N5O4S/c32-23(28-18-7-8-20-21(12-18)35-26(34)30-20)17-6-3-9-31(14-17)24(33)22-13-27-25(36-22)29-19-10-15-4-1-2-5-16(15)11-19/h1-2,4-5,7-8,12-13,17,19H,3,6,9-11,14H2,(H,27,29)(H,28,32)(H,30,34)/t17-/m0/s1. The molecule has 1 aliphatic carbocycles. The normalized spacial score (nSPS) is 17.8. The van der Waals surface area contributed by atoms with Gasteiger partial charge in [0, 0.05) is 30.9 Å². The number of rotatable bonds is 5. The summed E-state index contributed by atoms with van der Waals surface area (Å²) in [7, 11) is 0. The lowest BCUT2D eigenvalue weighted by atomic mass is 9.97. The molecule has 3 N–H and O–H groups in total. The summed E-state index contributed by atoms with van der Waals surface area (Å²) in [5.41, 5.74) is 4.22. The van der Waals surface area contributed by atoms with E-state index in [1.807, 2.05) is 0 Å². The van der Waals surface area contributed by atoms with Crippen molar-refractivity contribution < 1.29 is 14.0 Å². The predicted octanol–water partition coefficient (Wildman–Crippen LogP) is 3.65. The minimum absolute atomic E-state index is 0.0942. The zero-order valence-corrected chi connectivity index (χ0v) is 20.3. The van der Waals surface area contributed by atoms with Crippen molar-refractivity contribution in [1.29, 1.82) is 0 Å². The molecule has 184 valence electrons. The molecule has 1 fully saturated rings. The molecule has 10 heteroatoms. The smallest absolute Gasteiger partial charge is 0.408 e. The largest absolute Gasteiger partial charge is 0.417 e. The van der Waals surface area contributed by atoms with Crippen molar-refractivity contribution in [2.45, 2.75) is 31.7 Å². The number of nitrogens with one attached hydrogen (secondary N) is 3. The summed E-state index contributed by atoms with van der Waals surface area (Å²) >= 11 is 1.36. The van der Waals surface area contributed by atoms with Crippen molar-refractivity contribution in [3.63, 3.8) is 0 Å². The topological polar surface area (TPSA) is 120 Å². The van der Waals surface area contributed by atoms with Gasteiger partial charge in [0.2, 0.25) is 5.91 Å². The SMILES string of the molecule is O=C(Nc1ccc2[nH]c(=O)oc2c1)[C@H]1CCCN(C(=O)c2cnc(NC3Cc4ccccc4C3)s2)C1. The first-order valence-corrected chi connectivity index (χ1v) is 12.9. The maximum atomic E-state index is 13.2. The molecule has 0 spiro atoms. The van der Waals surface area contributed by atoms with Gasteiger partial charge in [0.15, 0.2) is 10.7 Å². The lowest BCUT2D eigenvalue weighted by Crippen LogP contribution is -2.43. The molecule has 2 amide bonds. The van der Waals surface area contributed by atoms with Crippen molar-refractivity contribution in [3.05, 3.63) is 75.2 Å². The van der Waals surface area contributed by atoms with Gasteiger partial charge in [-0.3, -0.25) is 14.6 Å². The minimum Gasteiger partial charge on any atom is -0.408 e. The molecular formula is C26H25N5O4S. The molecule has 3 heterocycles. The molecule has 9 nitrogen and oxygen atoms in total. The Hall–Kier alpha value is -3.92. The number of hydrogen-bond acceptors (Lipinski definition) is 7. The maximum Gasteiger partial charge on any atom is 0.417 e. The van der Waals surface area contributed by atoms with E-state index in [0.29, 0.717) is 41.2 Å². The molecule has 2 aromatic carbocycles. The highest BCUT2D eigenvalue weighted by Crippen LogP contribution is 2.28. The molecule has 2 aliphatic rings. The summed E-state index contributed by atoms with van der Waals surface area (Å²) in [6, 6.07) is 13.7. The fourth-order valence-electron chi connectivity index (χ4n) is 5.07. The Labute approximate surface area is 210 Å². The number of amides is 2. The van der Waals surface area contributed by atoms with Gasteiger partial charge in [-0.1, -0.05) is 35.6 Å². The molecule has 1 aliphatic heterocycles. The molecule has 1 saturated heterocycles. The van der Waals surface area contributed by atoms with E-state index < -0.39 is 5.76 Å². The van der Waals surface area contributed by atoms with Crippen LogP contribution in [0.2, 0.25) is 0 Å². The van der Waals surface area contributed by atoms with E-state index in [4.69, 9.17) is 4.42 Å². The number of piperidine rings is 1. The number of oxazole rings is 1. The summed E-state index contributed by atoms with van der Waals surface area (Å²) < 4.78 is 5.07. The first kappa shape index (κ1) is 22.5. The molecule has 6 rings (SSSR count). The molecule has 36 heavy (non-hydrogen) atoms. The first-order chi connectivity index (χ1) is 17.5. The molecule has 1 atom stereocenters. The molecule has 0 unspecified atom stereocenters. The Bertz CT molecular complexity index is 1480. The number of carbonyl (C=O) groups is 2. The van der Waals surface area contributed by atoms with Gasteiger partial charge in [-0.15, -0.1) is 0 Å². The van der Waals surface area contributed by atoms with Gasteiger partial charge in [0.25, 0.3) is 5.91 Å². The van der Waals surface area contributed by atoms with Crippen LogP contribution in [0, 0.1) is 5.92 Å². The Balaban J connectivity index is 1.07. The summed E-state index contributed by atoms with van der Waals surface area (Å²) in [5, 5.41) is 7.11. The van der Waals surface area contributed by atoms with E-state index in [1.54, 1.807) is 29.3 Å². The third-order valence-electron chi connectivity index (χ3n) is 6.86. The highest BCUT2D eigenvalue weighted by molar-refractivity contribution is 7.17. The predicted molar refractivity (Wildman–Crippen MR) is 137 cm³/mol. The summed E-state index contributed by atoms with van der Waals surface area (Å²) in [6.45, 7) is 0.965. The van der Waals surface area contributed by atoms with Gasteiger partial charge < -0.3 is 20.0 Å². The van der Waals surface area contributed by atoms with Gasteiger partial charge in [-0.05, 0) is 48.9 Å². The van der Waals surface area contributed by atoms with E-state index in [0.717, 1.165) is 24.4 Å². The molecule has 0 bridgehead atoms. The zero-order chi connectivity index (χ0) is 24.6. The zero-order valence-electron chi connectivity index (χ0n) is 19.5. The molecule has 0 saturated carbocycles. The van der Waals surface area contributed by atoms with Crippen LogP contribution in [0.25, 0.3) is 11.1 Å². The van der Waals surface area contributed by atoms with E-state index >= 15 is 0 Å². The second-order valence-electron chi connectivity index (χ2n) is 9.35. The van der Waals surface area contributed by atoms with Gasteiger partial charge in [-0.25, -0.2) is 9.78 Å². The number of aromatic amines is 1. The van der Waals surface area contributed by atoms with Crippen molar-refractivity contribution in [2.24, 2.45) is 5.92 Å². The average Bonchev–Trinajstić information content (AvgIpc) is 3.61. The fourth-order valence-corrected chi connectivity index (χ4v) is 5.94. The molecule has 0 radical (unpaired) electrons. The summed E-state index contributed by atoms with van der Waals surface area (Å²) in [5.74, 6) is -1.11. The monoisotopic (exact) mass is 503 g/mol. The summed E-state index contributed by atoms with van der Waals surface area (Å²) in [4.78, 5) is 46.8. The number of carbonyl (C=O) groups excluding carboxylic acids is 2. The van der Waals surface area contributed by atoms with Crippen molar-refractivity contribution >= 4 is 45.1 Å². The van der Waals surface area contributed by atoms with Crippen molar-refractivity contribution in [3.8, 4) is 0 Å². The van der Waals surface area contributed by atoms with Crippen LogP contribution >= 0.6 is 11.3 Å². The van der Waals surface area contributed by atoms with Crippen LogP contribution < -0.4 is 16.4 Å². The van der Waals surface area contributed by atoms with Gasteiger partial charge in [-0.2, -0.15) is 0 Å². The highest BCUT2D eigenvalue weighted by Gasteiger charge is 2.30. The fraction of sp³-hybridized carbons (Fsp3) is 0.308. The van der Waals surface area contributed by atoms with Crippen LogP contribution in [0.5, 0.6) is 0 Å². The molecule has 2 aromatic heterocycles. The van der Waals surface area contributed by atoms with Gasteiger partial charge in [0.1, 0.15) is 4.88 Å². The van der Waals surface area contributed by atoms with Crippen LogP contribution in [0.15, 0.2) is 57.9 Å². The highest BCUT2D eigenvalue weighted by atomic mass is 32.1. The van der Waals surface area contributed by atoms with Crippen LogP contribution in [0.1, 0.15) is 33.6 Å². The molecular weight excluding hydrogens is 478 g/mol. The Kier molecular flexibility index (Phi) is 5.80.